The molecule has 6 nitrogen and oxygen atoms in total. The maximum absolute atomic E-state index is 11.4. The van der Waals surface area contributed by atoms with E-state index in [1.807, 2.05) is 13.0 Å². The largest absolute Gasteiger partial charge is 0.457 e. The minimum atomic E-state index is -0.273. The first kappa shape index (κ1) is 14.8. The van der Waals surface area contributed by atoms with Gasteiger partial charge in [-0.05, 0) is 36.8 Å². The van der Waals surface area contributed by atoms with Crippen molar-refractivity contribution in [3.63, 3.8) is 0 Å². The average molecular weight is 287 g/mol. The van der Waals surface area contributed by atoms with Crippen LogP contribution in [-0.4, -0.2) is 24.6 Å². The van der Waals surface area contributed by atoms with Crippen molar-refractivity contribution in [1.29, 1.82) is 0 Å². The van der Waals surface area contributed by atoms with E-state index in [1.165, 1.54) is 7.11 Å². The van der Waals surface area contributed by atoms with E-state index < -0.39 is 0 Å². The van der Waals surface area contributed by atoms with Gasteiger partial charge in [-0.3, -0.25) is 4.79 Å². The van der Waals surface area contributed by atoms with Crippen molar-refractivity contribution in [3.05, 3.63) is 42.1 Å². The predicted octanol–water partition coefficient (Wildman–Crippen LogP) is 2.35. The minimum Gasteiger partial charge on any atom is -0.457 e. The summed E-state index contributed by atoms with van der Waals surface area (Å²) in [7, 11) is 1.45. The lowest BCUT2D eigenvalue weighted by Gasteiger charge is -2.09. The van der Waals surface area contributed by atoms with E-state index in [9.17, 15) is 4.79 Å². The zero-order valence-corrected chi connectivity index (χ0v) is 11.9. The number of anilines is 2. The first-order valence-electron chi connectivity index (χ1n) is 6.37. The van der Waals surface area contributed by atoms with Crippen LogP contribution in [0.5, 0.6) is 11.5 Å². The van der Waals surface area contributed by atoms with Gasteiger partial charge in [0.2, 0.25) is 0 Å². The summed E-state index contributed by atoms with van der Waals surface area (Å²) in [5, 5.41) is 2.61. The van der Waals surface area contributed by atoms with Gasteiger partial charge in [0.15, 0.2) is 0 Å². The van der Waals surface area contributed by atoms with Crippen LogP contribution in [0.4, 0.5) is 11.5 Å². The Balaban J connectivity index is 2.10. The summed E-state index contributed by atoms with van der Waals surface area (Å²) in [5.41, 5.74) is 7.42. The molecule has 0 aliphatic carbocycles. The Morgan fingerprint density at radius 2 is 2.05 bits per heavy atom. The highest BCUT2D eigenvalue weighted by Crippen LogP contribution is 2.25. The van der Waals surface area contributed by atoms with Crippen LogP contribution in [0.25, 0.3) is 0 Å². The second-order valence-corrected chi connectivity index (χ2v) is 4.48. The summed E-state index contributed by atoms with van der Waals surface area (Å²) in [6, 6.07) is 8.76. The Morgan fingerprint density at radius 1 is 1.29 bits per heavy atom. The normalized spacial score (nSPS) is 10.2. The molecule has 0 fully saturated rings. The number of carbonyl (C=O) groups excluding carboxylic acids is 1. The zero-order valence-electron chi connectivity index (χ0n) is 11.9. The van der Waals surface area contributed by atoms with Crippen molar-refractivity contribution in [3.8, 4) is 11.5 Å². The number of nitrogens with two attached hydrogens (primary N) is 1. The molecule has 110 valence electrons. The number of nitrogens with one attached hydrogen (secondary N) is 1. The van der Waals surface area contributed by atoms with Gasteiger partial charge in [0.25, 0.3) is 5.91 Å². The number of methoxy groups -OCH3 is 1. The molecule has 0 aliphatic heterocycles. The number of aromatic nitrogens is 1. The molecule has 1 amide bonds. The fourth-order valence-corrected chi connectivity index (χ4v) is 1.70. The number of nitrogen functional groups attached to an aromatic ring is 1. The molecule has 1 aromatic carbocycles. The second kappa shape index (κ2) is 6.71. The van der Waals surface area contributed by atoms with Crippen molar-refractivity contribution in [2.75, 3.05) is 24.8 Å². The van der Waals surface area contributed by atoms with Crippen LogP contribution in [0.3, 0.4) is 0 Å². The SMILES string of the molecule is COCC(=O)Nc1cc(Oc2ccc(N)c(C)c2)ccn1. The van der Waals surface area contributed by atoms with Gasteiger partial charge in [0.1, 0.15) is 23.9 Å². The molecular weight excluding hydrogens is 270 g/mol. The van der Waals surface area contributed by atoms with Gasteiger partial charge in [-0.2, -0.15) is 0 Å². The second-order valence-electron chi connectivity index (χ2n) is 4.48. The molecule has 0 unspecified atom stereocenters. The number of carbonyl (C=O) groups is 1. The first-order valence-corrected chi connectivity index (χ1v) is 6.37. The molecule has 2 rings (SSSR count). The van der Waals surface area contributed by atoms with Crippen molar-refractivity contribution < 1.29 is 14.3 Å². The van der Waals surface area contributed by atoms with Gasteiger partial charge in [0.05, 0.1) is 0 Å². The number of pyridine rings is 1. The third-order valence-corrected chi connectivity index (χ3v) is 2.75. The maximum Gasteiger partial charge on any atom is 0.251 e. The van der Waals surface area contributed by atoms with Crippen LogP contribution in [0.1, 0.15) is 5.56 Å². The highest BCUT2D eigenvalue weighted by Gasteiger charge is 2.05. The summed E-state index contributed by atoms with van der Waals surface area (Å²) < 4.78 is 10.5. The Bertz CT molecular complexity index is 644. The van der Waals surface area contributed by atoms with Crippen LogP contribution in [0, 0.1) is 6.92 Å². The zero-order chi connectivity index (χ0) is 15.2. The van der Waals surface area contributed by atoms with Gasteiger partial charge in [0, 0.05) is 25.1 Å². The van der Waals surface area contributed by atoms with Crippen LogP contribution in [0.15, 0.2) is 36.5 Å². The van der Waals surface area contributed by atoms with Gasteiger partial charge < -0.3 is 20.5 Å². The summed E-state index contributed by atoms with van der Waals surface area (Å²) in [6.07, 6.45) is 1.56. The number of rotatable bonds is 5. The molecule has 0 spiro atoms. The Hall–Kier alpha value is -2.60. The molecule has 0 bridgehead atoms. The Labute approximate surface area is 122 Å². The smallest absolute Gasteiger partial charge is 0.251 e. The summed E-state index contributed by atoms with van der Waals surface area (Å²) in [6.45, 7) is 1.88. The fourth-order valence-electron chi connectivity index (χ4n) is 1.70. The predicted molar refractivity (Wildman–Crippen MR) is 80.4 cm³/mol. The number of hydrogen-bond donors (Lipinski definition) is 2. The van der Waals surface area contributed by atoms with E-state index >= 15 is 0 Å². The van der Waals surface area contributed by atoms with E-state index in [0.717, 1.165) is 5.56 Å². The lowest BCUT2D eigenvalue weighted by molar-refractivity contribution is -0.119. The van der Waals surface area contributed by atoms with Crippen molar-refractivity contribution in [2.24, 2.45) is 0 Å². The summed E-state index contributed by atoms with van der Waals surface area (Å²) in [4.78, 5) is 15.5. The highest BCUT2D eigenvalue weighted by molar-refractivity contribution is 5.90. The molecule has 6 heteroatoms. The summed E-state index contributed by atoms with van der Waals surface area (Å²) in [5.74, 6) is 1.37. The van der Waals surface area contributed by atoms with E-state index in [1.54, 1.807) is 30.5 Å². The number of hydrogen-bond acceptors (Lipinski definition) is 5. The van der Waals surface area contributed by atoms with Gasteiger partial charge in [-0.15, -0.1) is 0 Å². The average Bonchev–Trinajstić information content (AvgIpc) is 2.43. The maximum atomic E-state index is 11.4. The third-order valence-electron chi connectivity index (χ3n) is 2.75. The van der Waals surface area contributed by atoms with Crippen molar-refractivity contribution >= 4 is 17.4 Å². The van der Waals surface area contributed by atoms with Crippen LogP contribution in [0.2, 0.25) is 0 Å². The lowest BCUT2D eigenvalue weighted by Crippen LogP contribution is -2.17. The highest BCUT2D eigenvalue weighted by atomic mass is 16.5. The molecule has 21 heavy (non-hydrogen) atoms. The number of aryl methyl sites for hydroxylation is 1. The Morgan fingerprint density at radius 3 is 2.76 bits per heavy atom. The minimum absolute atomic E-state index is 0.0239. The van der Waals surface area contributed by atoms with Crippen LogP contribution < -0.4 is 15.8 Å². The molecule has 0 saturated carbocycles. The van der Waals surface area contributed by atoms with Gasteiger partial charge in [-0.25, -0.2) is 4.98 Å². The van der Waals surface area contributed by atoms with E-state index in [-0.39, 0.29) is 12.5 Å². The van der Waals surface area contributed by atoms with E-state index in [4.69, 9.17) is 15.2 Å². The lowest BCUT2D eigenvalue weighted by atomic mass is 10.2. The molecule has 0 aliphatic rings. The molecule has 0 atom stereocenters. The topological polar surface area (TPSA) is 86.5 Å². The van der Waals surface area contributed by atoms with Crippen LogP contribution >= 0.6 is 0 Å². The molecule has 0 radical (unpaired) electrons. The molecular formula is C15H17N3O3. The number of ether oxygens (including phenoxy) is 2. The van der Waals surface area contributed by atoms with Gasteiger partial charge >= 0.3 is 0 Å². The number of amides is 1. The fraction of sp³-hybridized carbons (Fsp3) is 0.200. The molecule has 0 saturated heterocycles. The Kier molecular flexibility index (Phi) is 4.73. The molecule has 3 N–H and O–H groups in total. The van der Waals surface area contributed by atoms with E-state index in [0.29, 0.717) is 23.0 Å². The summed E-state index contributed by atoms with van der Waals surface area (Å²) >= 11 is 0. The van der Waals surface area contributed by atoms with Gasteiger partial charge in [-0.1, -0.05) is 0 Å². The molecule has 2 aromatic rings. The number of nitrogens with zero attached hydrogens (tertiary/aromatic N) is 1. The first-order chi connectivity index (χ1) is 10.1. The quantitative estimate of drug-likeness (QED) is 0.824. The molecule has 1 aromatic heterocycles. The van der Waals surface area contributed by atoms with Crippen molar-refractivity contribution in [2.45, 2.75) is 6.92 Å². The van der Waals surface area contributed by atoms with Crippen LogP contribution in [-0.2, 0) is 9.53 Å². The standard InChI is InChI=1S/C15H17N3O3/c1-10-7-11(3-4-13(10)16)21-12-5-6-17-14(8-12)18-15(19)9-20-2/h3-8H,9,16H2,1-2H3,(H,17,18,19). The van der Waals surface area contributed by atoms with E-state index in [2.05, 4.69) is 10.3 Å². The molecule has 1 heterocycles. The third kappa shape index (κ3) is 4.19. The monoisotopic (exact) mass is 287 g/mol. The van der Waals surface area contributed by atoms with Crippen molar-refractivity contribution in [1.82, 2.24) is 4.98 Å². The number of benzene rings is 1.